The molecule has 0 saturated carbocycles. The maximum absolute atomic E-state index is 11.0. The van der Waals surface area contributed by atoms with Gasteiger partial charge in [-0.2, -0.15) is 0 Å². The first-order valence-corrected chi connectivity index (χ1v) is 11.4. The molecule has 1 amide bonds. The molecule has 1 heterocycles. The van der Waals surface area contributed by atoms with Crippen LogP contribution in [0.5, 0.6) is 17.4 Å². The van der Waals surface area contributed by atoms with Gasteiger partial charge in [0.1, 0.15) is 0 Å². The number of ether oxygens (including phenoxy) is 2. The summed E-state index contributed by atoms with van der Waals surface area (Å²) in [5, 5.41) is 18.0. The van der Waals surface area contributed by atoms with Crippen LogP contribution in [-0.2, 0) is 6.54 Å². The van der Waals surface area contributed by atoms with Crippen molar-refractivity contribution in [1.82, 2.24) is 15.5 Å². The van der Waals surface area contributed by atoms with Crippen LogP contribution in [0.3, 0.4) is 0 Å². The maximum atomic E-state index is 11.0. The zero-order valence-electron chi connectivity index (χ0n) is 22.3. The molecule has 0 aliphatic rings. The smallest absolute Gasteiger partial charge is 0.269 e. The van der Waals surface area contributed by atoms with E-state index >= 15 is 0 Å². The van der Waals surface area contributed by atoms with E-state index in [2.05, 4.69) is 62.9 Å². The Morgan fingerprint density at radius 3 is 2.23 bits per heavy atom. The fourth-order valence-corrected chi connectivity index (χ4v) is 2.43. The average molecular weight is 489 g/mol. The lowest BCUT2D eigenvalue weighted by Crippen LogP contribution is -2.20. The highest BCUT2D eigenvalue weighted by atomic mass is 16.5. The SMILES string of the molecule is C=C.C=CCCC.CO.COc1cc(CNCCC(C)(C)C)ccc1Oc1ccc(C(N)=O)nn1. The van der Waals surface area contributed by atoms with Crippen LogP contribution >= 0.6 is 0 Å². The van der Waals surface area contributed by atoms with Crippen LogP contribution in [-0.4, -0.2) is 42.0 Å². The number of hydrogen-bond donors (Lipinski definition) is 3. The fourth-order valence-electron chi connectivity index (χ4n) is 2.43. The first-order chi connectivity index (χ1) is 16.7. The molecule has 0 atom stereocenters. The number of rotatable bonds is 10. The number of unbranched alkanes of at least 4 members (excludes halogenated alkanes) is 1. The molecule has 196 valence electrons. The average Bonchev–Trinajstić information content (AvgIpc) is 2.85. The molecule has 35 heavy (non-hydrogen) atoms. The summed E-state index contributed by atoms with van der Waals surface area (Å²) in [6.45, 7) is 20.1. The van der Waals surface area contributed by atoms with Crippen LogP contribution in [0.2, 0.25) is 0 Å². The summed E-state index contributed by atoms with van der Waals surface area (Å²) in [6.07, 6.45) is 5.41. The van der Waals surface area contributed by atoms with E-state index in [0.29, 0.717) is 16.9 Å². The number of nitrogens with one attached hydrogen (secondary N) is 1. The summed E-state index contributed by atoms with van der Waals surface area (Å²) in [7, 11) is 2.58. The van der Waals surface area contributed by atoms with Crippen molar-refractivity contribution >= 4 is 5.91 Å². The molecule has 0 radical (unpaired) electrons. The Morgan fingerprint density at radius 1 is 1.14 bits per heavy atom. The predicted octanol–water partition coefficient (Wildman–Crippen LogP) is 5.29. The lowest BCUT2D eigenvalue weighted by molar-refractivity contribution is 0.0994. The largest absolute Gasteiger partial charge is 0.493 e. The monoisotopic (exact) mass is 488 g/mol. The van der Waals surface area contributed by atoms with Crippen LogP contribution < -0.4 is 20.5 Å². The van der Waals surface area contributed by atoms with E-state index in [1.54, 1.807) is 7.11 Å². The normalized spacial score (nSPS) is 9.69. The van der Waals surface area contributed by atoms with Gasteiger partial charge >= 0.3 is 0 Å². The number of methoxy groups -OCH3 is 1. The number of hydrogen-bond acceptors (Lipinski definition) is 7. The fraction of sp³-hybridized carbons (Fsp3) is 0.444. The second-order valence-electron chi connectivity index (χ2n) is 8.27. The molecule has 8 heteroatoms. The summed E-state index contributed by atoms with van der Waals surface area (Å²) in [5.41, 5.74) is 6.64. The van der Waals surface area contributed by atoms with E-state index in [-0.39, 0.29) is 11.6 Å². The molecule has 0 spiro atoms. The third-order valence-corrected chi connectivity index (χ3v) is 4.21. The third-order valence-electron chi connectivity index (χ3n) is 4.21. The van der Waals surface area contributed by atoms with Crippen molar-refractivity contribution in [3.8, 4) is 17.4 Å². The van der Waals surface area contributed by atoms with E-state index in [1.807, 2.05) is 24.3 Å². The van der Waals surface area contributed by atoms with Gasteiger partial charge in [0.25, 0.3) is 5.91 Å². The number of nitrogens with two attached hydrogens (primary N) is 1. The highest BCUT2D eigenvalue weighted by molar-refractivity contribution is 5.90. The number of amides is 1. The standard InChI is InChI=1S/C19H26N4O3.C5H10.C2H4.CH4O/c1-19(2,3)9-10-21-12-13-5-7-15(16(11-13)25-4)26-17-8-6-14(18(20)24)22-23-17;1-3-5-4-2;2*1-2/h5-8,11,21H,9-10,12H2,1-4H3,(H2,20,24);3H,1,4-5H2,2H3;1-2H2;2H,1H3. The number of benzene rings is 1. The molecule has 0 bridgehead atoms. The zero-order chi connectivity index (χ0) is 27.3. The molecule has 0 unspecified atom stereocenters. The summed E-state index contributed by atoms with van der Waals surface area (Å²) in [6, 6.07) is 8.71. The number of nitrogens with zero attached hydrogens (tertiary/aromatic N) is 2. The van der Waals surface area contributed by atoms with Crippen LogP contribution in [0.15, 0.2) is 56.1 Å². The van der Waals surface area contributed by atoms with Crippen molar-refractivity contribution < 1.29 is 19.4 Å². The Labute approximate surface area is 211 Å². The molecule has 2 aromatic rings. The maximum Gasteiger partial charge on any atom is 0.269 e. The predicted molar refractivity (Wildman–Crippen MR) is 144 cm³/mol. The molecule has 2 rings (SSSR count). The summed E-state index contributed by atoms with van der Waals surface area (Å²) < 4.78 is 11.1. The van der Waals surface area contributed by atoms with Gasteiger partial charge in [-0.05, 0) is 48.6 Å². The van der Waals surface area contributed by atoms with Crippen molar-refractivity contribution in [2.45, 2.75) is 53.5 Å². The second-order valence-corrected chi connectivity index (χ2v) is 8.27. The highest BCUT2D eigenvalue weighted by Crippen LogP contribution is 2.31. The lowest BCUT2D eigenvalue weighted by atomic mass is 9.92. The summed E-state index contributed by atoms with van der Waals surface area (Å²) in [4.78, 5) is 11.0. The van der Waals surface area contributed by atoms with Crippen molar-refractivity contribution in [1.29, 1.82) is 0 Å². The quantitative estimate of drug-likeness (QED) is 0.307. The highest BCUT2D eigenvalue weighted by Gasteiger charge is 2.11. The van der Waals surface area contributed by atoms with Gasteiger partial charge in [0, 0.05) is 19.7 Å². The Morgan fingerprint density at radius 2 is 1.80 bits per heavy atom. The minimum Gasteiger partial charge on any atom is -0.493 e. The van der Waals surface area contributed by atoms with Gasteiger partial charge in [-0.25, -0.2) is 0 Å². The molecule has 8 nitrogen and oxygen atoms in total. The molecule has 0 saturated heterocycles. The van der Waals surface area contributed by atoms with E-state index in [4.69, 9.17) is 20.3 Å². The topological polar surface area (TPSA) is 120 Å². The first-order valence-electron chi connectivity index (χ1n) is 11.4. The Hall–Kier alpha value is -3.23. The number of primary amides is 1. The second kappa shape index (κ2) is 20.2. The number of aromatic nitrogens is 2. The number of aliphatic hydroxyl groups excluding tert-OH is 1. The minimum absolute atomic E-state index is 0.0843. The van der Waals surface area contributed by atoms with Gasteiger partial charge < -0.3 is 25.6 Å². The summed E-state index contributed by atoms with van der Waals surface area (Å²) >= 11 is 0. The van der Waals surface area contributed by atoms with Crippen LogP contribution in [0.1, 0.15) is 63.0 Å². The number of allylic oxidation sites excluding steroid dienone is 1. The van der Waals surface area contributed by atoms with E-state index < -0.39 is 5.91 Å². The van der Waals surface area contributed by atoms with Gasteiger partial charge in [-0.1, -0.05) is 46.3 Å². The number of carbonyl (C=O) groups is 1. The lowest BCUT2D eigenvalue weighted by Gasteiger charge is -2.18. The van der Waals surface area contributed by atoms with Crippen LogP contribution in [0, 0.1) is 5.41 Å². The molecule has 1 aromatic heterocycles. The Kier molecular flexibility index (Phi) is 19.6. The van der Waals surface area contributed by atoms with Crippen LogP contribution in [0.25, 0.3) is 0 Å². The Bertz CT molecular complexity index is 834. The first kappa shape index (κ1) is 33.9. The molecular formula is C27H44N4O4. The minimum atomic E-state index is -0.634. The van der Waals surface area contributed by atoms with Gasteiger partial charge in [0.05, 0.1) is 7.11 Å². The van der Waals surface area contributed by atoms with Crippen molar-refractivity contribution in [3.05, 3.63) is 67.4 Å². The Balaban J connectivity index is 0. The van der Waals surface area contributed by atoms with Crippen molar-refractivity contribution in [2.75, 3.05) is 20.8 Å². The molecule has 1 aromatic carbocycles. The molecular weight excluding hydrogens is 444 g/mol. The number of aliphatic hydroxyl groups is 1. The van der Waals surface area contributed by atoms with Crippen molar-refractivity contribution in [3.63, 3.8) is 0 Å². The van der Waals surface area contributed by atoms with Gasteiger partial charge in [0.2, 0.25) is 5.88 Å². The van der Waals surface area contributed by atoms with Crippen LogP contribution in [0.4, 0.5) is 0 Å². The molecule has 4 N–H and O–H groups in total. The number of carbonyl (C=O) groups excluding carboxylic acids is 1. The van der Waals surface area contributed by atoms with Gasteiger partial charge in [-0.15, -0.1) is 29.9 Å². The third kappa shape index (κ3) is 16.1. The zero-order valence-corrected chi connectivity index (χ0v) is 22.3. The molecule has 0 aliphatic carbocycles. The molecule has 0 aliphatic heterocycles. The van der Waals surface area contributed by atoms with E-state index in [9.17, 15) is 4.79 Å². The van der Waals surface area contributed by atoms with Gasteiger partial charge in [-0.3, -0.25) is 4.79 Å². The summed E-state index contributed by atoms with van der Waals surface area (Å²) in [5.74, 6) is 0.738. The van der Waals surface area contributed by atoms with Gasteiger partial charge in [0.15, 0.2) is 17.2 Å². The van der Waals surface area contributed by atoms with E-state index in [1.165, 1.54) is 18.6 Å². The van der Waals surface area contributed by atoms with E-state index in [0.717, 1.165) is 38.6 Å². The van der Waals surface area contributed by atoms with Crippen molar-refractivity contribution in [2.24, 2.45) is 11.1 Å². The molecule has 0 fully saturated rings.